The number of hydrogen-bond donors (Lipinski definition) is 2. The molecule has 1 aromatic heterocycles. The Labute approximate surface area is 262 Å². The van der Waals surface area contributed by atoms with E-state index in [9.17, 15) is 14.7 Å². The Morgan fingerprint density at radius 2 is 1.61 bits per heavy atom. The van der Waals surface area contributed by atoms with Gasteiger partial charge in [-0.1, -0.05) is 82.9 Å². The van der Waals surface area contributed by atoms with Crippen molar-refractivity contribution in [3.05, 3.63) is 89.2 Å². The highest BCUT2D eigenvalue weighted by Gasteiger charge is 2.23. The number of carboxylic acid groups (broad SMARTS) is 1. The number of carbonyl (C=O) groups excluding carboxylic acids is 1. The molecule has 44 heavy (non-hydrogen) atoms. The van der Waals surface area contributed by atoms with Gasteiger partial charge in [-0.15, -0.1) is 10.2 Å². The third kappa shape index (κ3) is 8.95. The molecular formula is C35H40FN3O4S. The fraction of sp³-hybridized carbons (Fsp3) is 0.371. The molecule has 1 heterocycles. The third-order valence-electron chi connectivity index (χ3n) is 7.36. The summed E-state index contributed by atoms with van der Waals surface area (Å²) in [5, 5.41) is 21.8. The molecule has 1 unspecified atom stereocenters. The Hall–Kier alpha value is -4.11. The van der Waals surface area contributed by atoms with Crippen LogP contribution in [0.25, 0.3) is 21.1 Å². The molecule has 4 aromatic rings. The summed E-state index contributed by atoms with van der Waals surface area (Å²) in [6.45, 7) is 9.10. The molecule has 0 fully saturated rings. The number of ether oxygens (including phenoxy) is 1. The van der Waals surface area contributed by atoms with Gasteiger partial charge in [0, 0.05) is 23.1 Å². The van der Waals surface area contributed by atoms with Crippen molar-refractivity contribution >= 4 is 23.2 Å². The highest BCUT2D eigenvalue weighted by molar-refractivity contribution is 7.17. The number of halogens is 1. The van der Waals surface area contributed by atoms with Gasteiger partial charge in [-0.2, -0.15) is 0 Å². The smallest absolute Gasteiger partial charge is 0.326 e. The standard InChI is InChI=1S/C35H40FN3O4S/c1-5-6-7-8-9-20-43-27-17-13-25(14-18-27)32-38-39-33(44-32)28-19-10-23(21-29(28)36)22-30(34(41)42)37-31(40)24-11-15-26(16-12-24)35(2,3)4/h10-19,21,30H,5-9,20,22H2,1-4H3,(H,37,40)(H,41,42). The topological polar surface area (TPSA) is 101 Å². The van der Waals surface area contributed by atoms with Crippen molar-refractivity contribution in [2.45, 2.75) is 77.7 Å². The summed E-state index contributed by atoms with van der Waals surface area (Å²) >= 11 is 1.27. The minimum Gasteiger partial charge on any atom is -0.494 e. The van der Waals surface area contributed by atoms with Crippen LogP contribution in [0.2, 0.25) is 0 Å². The monoisotopic (exact) mass is 617 g/mol. The molecule has 0 spiro atoms. The van der Waals surface area contributed by atoms with Gasteiger partial charge < -0.3 is 15.2 Å². The quantitative estimate of drug-likeness (QED) is 0.139. The van der Waals surface area contributed by atoms with Gasteiger partial charge in [0.15, 0.2) is 5.01 Å². The first kappa shape index (κ1) is 32.8. The van der Waals surface area contributed by atoms with Gasteiger partial charge in [-0.05, 0) is 71.5 Å². The second kappa shape index (κ2) is 15.1. The van der Waals surface area contributed by atoms with Gasteiger partial charge >= 0.3 is 5.97 Å². The molecule has 1 amide bonds. The highest BCUT2D eigenvalue weighted by atomic mass is 32.1. The Morgan fingerprint density at radius 1 is 0.932 bits per heavy atom. The van der Waals surface area contributed by atoms with Crippen LogP contribution in [0, 0.1) is 5.82 Å². The molecule has 0 aliphatic rings. The summed E-state index contributed by atoms with van der Waals surface area (Å²) in [5.74, 6) is -1.45. The molecule has 232 valence electrons. The van der Waals surface area contributed by atoms with Gasteiger partial charge in [0.05, 0.1) is 6.61 Å². The average molecular weight is 618 g/mol. The van der Waals surface area contributed by atoms with Gasteiger partial charge in [-0.25, -0.2) is 9.18 Å². The number of aliphatic carboxylic acids is 1. The van der Waals surface area contributed by atoms with Crippen molar-refractivity contribution in [2.24, 2.45) is 0 Å². The SMILES string of the molecule is CCCCCCCOc1ccc(-c2nnc(-c3ccc(CC(NC(=O)c4ccc(C(C)(C)C)cc4)C(=O)O)cc3F)s2)cc1. The molecule has 0 radical (unpaired) electrons. The van der Waals surface area contributed by atoms with E-state index >= 15 is 4.39 Å². The third-order valence-corrected chi connectivity index (χ3v) is 8.37. The summed E-state index contributed by atoms with van der Waals surface area (Å²) in [6.07, 6.45) is 5.83. The maximum absolute atomic E-state index is 15.2. The second-order valence-corrected chi connectivity index (χ2v) is 12.9. The maximum Gasteiger partial charge on any atom is 0.326 e. The van der Waals surface area contributed by atoms with E-state index in [0.717, 1.165) is 23.3 Å². The molecule has 1 atom stereocenters. The molecule has 4 rings (SSSR count). The predicted molar refractivity (Wildman–Crippen MR) is 173 cm³/mol. The highest BCUT2D eigenvalue weighted by Crippen LogP contribution is 2.32. The average Bonchev–Trinajstić information content (AvgIpc) is 3.48. The number of nitrogens with one attached hydrogen (secondary N) is 1. The Bertz CT molecular complexity index is 1550. The largest absolute Gasteiger partial charge is 0.494 e. The van der Waals surface area contributed by atoms with Crippen LogP contribution < -0.4 is 10.1 Å². The number of carbonyl (C=O) groups is 2. The first-order chi connectivity index (χ1) is 21.0. The number of carboxylic acids is 1. The number of amides is 1. The van der Waals surface area contributed by atoms with Crippen molar-refractivity contribution in [2.75, 3.05) is 6.61 Å². The van der Waals surface area contributed by atoms with Gasteiger partial charge in [0.2, 0.25) is 0 Å². The number of hydrogen-bond acceptors (Lipinski definition) is 6. The van der Waals surface area contributed by atoms with Crippen LogP contribution in [0.3, 0.4) is 0 Å². The fourth-order valence-corrected chi connectivity index (χ4v) is 5.57. The van der Waals surface area contributed by atoms with Crippen LogP contribution in [-0.2, 0) is 16.6 Å². The van der Waals surface area contributed by atoms with E-state index in [1.54, 1.807) is 24.3 Å². The normalized spacial score (nSPS) is 12.1. The first-order valence-electron chi connectivity index (χ1n) is 15.0. The first-order valence-corrected chi connectivity index (χ1v) is 15.9. The van der Waals surface area contributed by atoms with Crippen molar-refractivity contribution in [1.82, 2.24) is 15.5 Å². The Morgan fingerprint density at radius 3 is 2.25 bits per heavy atom. The van der Waals surface area contributed by atoms with Crippen LogP contribution in [0.1, 0.15) is 81.3 Å². The summed E-state index contributed by atoms with van der Waals surface area (Å²) in [7, 11) is 0. The molecule has 3 aromatic carbocycles. The van der Waals surface area contributed by atoms with Crippen LogP contribution in [0.4, 0.5) is 4.39 Å². The van der Waals surface area contributed by atoms with Crippen LogP contribution in [-0.4, -0.2) is 39.8 Å². The fourth-order valence-electron chi connectivity index (χ4n) is 4.70. The Kier molecular flexibility index (Phi) is 11.2. The van der Waals surface area contributed by atoms with Crippen LogP contribution in [0.15, 0.2) is 66.7 Å². The van der Waals surface area contributed by atoms with E-state index < -0.39 is 23.7 Å². The molecule has 0 bridgehead atoms. The lowest BCUT2D eigenvalue weighted by Crippen LogP contribution is -2.42. The minimum atomic E-state index is -1.23. The lowest BCUT2D eigenvalue weighted by Gasteiger charge is -2.19. The number of nitrogens with zero attached hydrogens (tertiary/aromatic N) is 2. The van der Waals surface area contributed by atoms with E-state index in [0.29, 0.717) is 27.7 Å². The maximum atomic E-state index is 15.2. The zero-order chi connectivity index (χ0) is 31.7. The number of benzene rings is 3. The zero-order valence-electron chi connectivity index (χ0n) is 25.7. The Balaban J connectivity index is 1.37. The molecule has 0 saturated carbocycles. The van der Waals surface area contributed by atoms with E-state index in [4.69, 9.17) is 4.74 Å². The van der Waals surface area contributed by atoms with Crippen molar-refractivity contribution in [3.8, 4) is 26.9 Å². The zero-order valence-corrected chi connectivity index (χ0v) is 26.5. The number of aromatic nitrogens is 2. The number of unbranched alkanes of at least 4 members (excludes halogenated alkanes) is 4. The van der Waals surface area contributed by atoms with Crippen LogP contribution in [0.5, 0.6) is 5.75 Å². The summed E-state index contributed by atoms with van der Waals surface area (Å²) in [4.78, 5) is 24.7. The lowest BCUT2D eigenvalue weighted by molar-refractivity contribution is -0.139. The van der Waals surface area contributed by atoms with E-state index in [1.165, 1.54) is 43.1 Å². The summed E-state index contributed by atoms with van der Waals surface area (Å²) < 4.78 is 21.1. The summed E-state index contributed by atoms with van der Waals surface area (Å²) in [6, 6.07) is 18.0. The molecule has 0 aliphatic heterocycles. The van der Waals surface area contributed by atoms with E-state index in [1.807, 2.05) is 36.4 Å². The van der Waals surface area contributed by atoms with Gasteiger partial charge in [-0.3, -0.25) is 4.79 Å². The second-order valence-electron chi connectivity index (χ2n) is 11.9. The molecule has 2 N–H and O–H groups in total. The molecule has 0 saturated heterocycles. The van der Waals surface area contributed by atoms with Gasteiger partial charge in [0.1, 0.15) is 22.6 Å². The molecule has 9 heteroatoms. The van der Waals surface area contributed by atoms with Crippen molar-refractivity contribution in [3.63, 3.8) is 0 Å². The molecule has 7 nitrogen and oxygen atoms in total. The minimum absolute atomic E-state index is 0.0706. The van der Waals surface area contributed by atoms with E-state index in [-0.39, 0.29) is 17.4 Å². The number of rotatable bonds is 14. The van der Waals surface area contributed by atoms with Gasteiger partial charge in [0.25, 0.3) is 5.91 Å². The molecular weight excluding hydrogens is 577 g/mol. The van der Waals surface area contributed by atoms with Crippen molar-refractivity contribution in [1.29, 1.82) is 0 Å². The predicted octanol–water partition coefficient (Wildman–Crippen LogP) is 8.08. The van der Waals surface area contributed by atoms with E-state index in [2.05, 4.69) is 43.2 Å². The van der Waals surface area contributed by atoms with Crippen LogP contribution >= 0.6 is 11.3 Å². The van der Waals surface area contributed by atoms with Crippen molar-refractivity contribution < 1.29 is 23.8 Å². The molecule has 0 aliphatic carbocycles. The summed E-state index contributed by atoms with van der Waals surface area (Å²) in [5.41, 5.74) is 2.92. The lowest BCUT2D eigenvalue weighted by atomic mass is 9.86.